The molecule has 0 aliphatic heterocycles. The Labute approximate surface area is 110 Å². The third-order valence-corrected chi connectivity index (χ3v) is 2.08. The van der Waals surface area contributed by atoms with Crippen LogP contribution in [0.15, 0.2) is 0 Å². The van der Waals surface area contributed by atoms with Crippen LogP contribution in [-0.2, 0) is 28.7 Å². The molecule has 0 fully saturated rings. The van der Waals surface area contributed by atoms with Crippen molar-refractivity contribution in [2.24, 2.45) is 0 Å². The Kier molecular flexibility index (Phi) is 7.90. The number of carbonyl (C=O) groups excluding carboxylic acids is 4. The fraction of sp³-hybridized carbons (Fsp3) is 0.636. The van der Waals surface area contributed by atoms with Crippen molar-refractivity contribution in [2.45, 2.75) is 25.8 Å². The molecule has 0 saturated heterocycles. The van der Waals surface area contributed by atoms with Crippen molar-refractivity contribution in [3.05, 3.63) is 0 Å². The lowest BCUT2D eigenvalue weighted by molar-refractivity contribution is -0.145. The largest absolute Gasteiger partial charge is 0.469 e. The predicted molar refractivity (Wildman–Crippen MR) is 63.9 cm³/mol. The third-order valence-electron chi connectivity index (χ3n) is 2.08. The standard InChI is InChI=1S/C11H18N2O6/c1-7(13-9(15)5-11(17)19-3)6-12-8(14)4-10(16)18-2/h7H,4-6H2,1-3H3,(H,12,14)(H,13,15)/t7-/m1/s1. The normalized spacial score (nSPS) is 11.1. The minimum absolute atomic E-state index is 0.142. The summed E-state index contributed by atoms with van der Waals surface area (Å²) in [7, 11) is 2.37. The number of carbonyl (C=O) groups is 4. The first-order chi connectivity index (χ1) is 8.88. The average Bonchev–Trinajstić information content (AvgIpc) is 2.35. The minimum Gasteiger partial charge on any atom is -0.469 e. The SMILES string of the molecule is COC(=O)CC(=O)NC[C@@H](C)NC(=O)CC(=O)OC. The molecule has 108 valence electrons. The van der Waals surface area contributed by atoms with Crippen LogP contribution in [0.5, 0.6) is 0 Å². The molecule has 0 unspecified atom stereocenters. The second kappa shape index (κ2) is 8.90. The van der Waals surface area contributed by atoms with Crippen LogP contribution in [0.25, 0.3) is 0 Å². The molecule has 0 aromatic rings. The van der Waals surface area contributed by atoms with Gasteiger partial charge in [0.25, 0.3) is 0 Å². The molecule has 0 spiro atoms. The van der Waals surface area contributed by atoms with Gasteiger partial charge in [-0.25, -0.2) is 0 Å². The van der Waals surface area contributed by atoms with Crippen molar-refractivity contribution in [3.8, 4) is 0 Å². The molecule has 1 atom stereocenters. The highest BCUT2D eigenvalue weighted by molar-refractivity contribution is 5.95. The van der Waals surface area contributed by atoms with Crippen LogP contribution in [-0.4, -0.2) is 50.6 Å². The molecular formula is C11H18N2O6. The van der Waals surface area contributed by atoms with E-state index in [1.165, 1.54) is 14.2 Å². The Morgan fingerprint density at radius 3 is 1.89 bits per heavy atom. The number of ether oxygens (including phenoxy) is 2. The van der Waals surface area contributed by atoms with Gasteiger partial charge in [0.1, 0.15) is 12.8 Å². The van der Waals surface area contributed by atoms with Crippen LogP contribution < -0.4 is 10.6 Å². The fourth-order valence-corrected chi connectivity index (χ4v) is 1.11. The molecule has 0 saturated carbocycles. The van der Waals surface area contributed by atoms with Crippen LogP contribution in [0.2, 0.25) is 0 Å². The fourth-order valence-electron chi connectivity index (χ4n) is 1.11. The molecule has 2 N–H and O–H groups in total. The summed E-state index contributed by atoms with van der Waals surface area (Å²) in [6.07, 6.45) is -0.754. The zero-order valence-corrected chi connectivity index (χ0v) is 11.1. The molecule has 0 radical (unpaired) electrons. The molecule has 0 aromatic carbocycles. The van der Waals surface area contributed by atoms with Crippen molar-refractivity contribution in [1.29, 1.82) is 0 Å². The summed E-state index contributed by atoms with van der Waals surface area (Å²) in [4.78, 5) is 44.1. The van der Waals surface area contributed by atoms with Crippen molar-refractivity contribution in [1.82, 2.24) is 10.6 Å². The van der Waals surface area contributed by atoms with E-state index < -0.39 is 23.8 Å². The van der Waals surface area contributed by atoms with Crippen molar-refractivity contribution >= 4 is 23.8 Å². The van der Waals surface area contributed by atoms with E-state index in [9.17, 15) is 19.2 Å². The average molecular weight is 274 g/mol. The number of methoxy groups -OCH3 is 2. The highest BCUT2D eigenvalue weighted by Crippen LogP contribution is 1.89. The van der Waals surface area contributed by atoms with E-state index in [2.05, 4.69) is 20.1 Å². The first kappa shape index (κ1) is 16.9. The predicted octanol–water partition coefficient (Wildman–Crippen LogP) is -1.27. The minimum atomic E-state index is -0.639. The molecule has 0 aromatic heterocycles. The lowest BCUT2D eigenvalue weighted by atomic mass is 10.3. The Balaban J connectivity index is 3.89. The van der Waals surface area contributed by atoms with E-state index in [0.29, 0.717) is 0 Å². The van der Waals surface area contributed by atoms with Gasteiger partial charge in [-0.15, -0.1) is 0 Å². The molecular weight excluding hydrogens is 256 g/mol. The number of esters is 2. The summed E-state index contributed by atoms with van der Waals surface area (Å²) < 4.78 is 8.66. The molecule has 0 aliphatic rings. The van der Waals surface area contributed by atoms with Gasteiger partial charge in [0.2, 0.25) is 11.8 Å². The highest BCUT2D eigenvalue weighted by Gasteiger charge is 2.14. The molecule has 8 nitrogen and oxygen atoms in total. The molecule has 0 rings (SSSR count). The summed E-state index contributed by atoms with van der Waals surface area (Å²) in [5, 5.41) is 4.95. The Morgan fingerprint density at radius 1 is 0.947 bits per heavy atom. The monoisotopic (exact) mass is 274 g/mol. The van der Waals surface area contributed by atoms with E-state index in [1.807, 2.05) is 0 Å². The number of hydrogen-bond acceptors (Lipinski definition) is 6. The van der Waals surface area contributed by atoms with Gasteiger partial charge in [0, 0.05) is 12.6 Å². The van der Waals surface area contributed by atoms with Gasteiger partial charge in [-0.1, -0.05) is 0 Å². The van der Waals surface area contributed by atoms with Gasteiger partial charge in [-0.2, -0.15) is 0 Å². The smallest absolute Gasteiger partial charge is 0.315 e. The molecule has 0 heterocycles. The molecule has 0 bridgehead atoms. The lowest BCUT2D eigenvalue weighted by Gasteiger charge is -2.14. The Hall–Kier alpha value is -2.12. The van der Waals surface area contributed by atoms with Crippen molar-refractivity contribution in [2.75, 3.05) is 20.8 Å². The number of rotatable bonds is 7. The summed E-state index contributed by atoms with van der Waals surface area (Å²) in [5.74, 6) is -2.28. The van der Waals surface area contributed by atoms with Gasteiger partial charge in [-0.3, -0.25) is 19.2 Å². The summed E-state index contributed by atoms with van der Waals surface area (Å²) in [6.45, 7) is 1.79. The van der Waals surface area contributed by atoms with E-state index in [-0.39, 0.29) is 25.4 Å². The van der Waals surface area contributed by atoms with E-state index in [1.54, 1.807) is 6.92 Å². The topological polar surface area (TPSA) is 111 Å². The third kappa shape index (κ3) is 8.58. The molecule has 2 amide bonds. The van der Waals surface area contributed by atoms with Crippen LogP contribution in [0.4, 0.5) is 0 Å². The van der Waals surface area contributed by atoms with Gasteiger partial charge in [-0.05, 0) is 6.92 Å². The number of amides is 2. The number of nitrogens with one attached hydrogen (secondary N) is 2. The Bertz CT molecular complexity index is 355. The van der Waals surface area contributed by atoms with Crippen molar-refractivity contribution in [3.63, 3.8) is 0 Å². The van der Waals surface area contributed by atoms with Crippen LogP contribution in [0.1, 0.15) is 19.8 Å². The van der Waals surface area contributed by atoms with E-state index in [0.717, 1.165) is 0 Å². The molecule has 19 heavy (non-hydrogen) atoms. The van der Waals surface area contributed by atoms with Crippen LogP contribution in [0, 0.1) is 0 Å². The second-order valence-electron chi connectivity index (χ2n) is 3.78. The summed E-state index contributed by atoms with van der Waals surface area (Å²) >= 11 is 0. The lowest BCUT2D eigenvalue weighted by Crippen LogP contribution is -2.42. The molecule has 8 heteroatoms. The maximum Gasteiger partial charge on any atom is 0.315 e. The summed E-state index contributed by atoms with van der Waals surface area (Å²) in [6, 6.07) is -0.376. The highest BCUT2D eigenvalue weighted by atomic mass is 16.5. The van der Waals surface area contributed by atoms with Gasteiger partial charge < -0.3 is 20.1 Å². The summed E-state index contributed by atoms with van der Waals surface area (Å²) in [5.41, 5.74) is 0. The van der Waals surface area contributed by atoms with Gasteiger partial charge in [0.15, 0.2) is 0 Å². The first-order valence-corrected chi connectivity index (χ1v) is 5.58. The van der Waals surface area contributed by atoms with Crippen LogP contribution >= 0.6 is 0 Å². The maximum atomic E-state index is 11.3. The van der Waals surface area contributed by atoms with E-state index >= 15 is 0 Å². The Morgan fingerprint density at radius 2 is 1.42 bits per heavy atom. The van der Waals surface area contributed by atoms with Crippen LogP contribution in [0.3, 0.4) is 0 Å². The van der Waals surface area contributed by atoms with Gasteiger partial charge >= 0.3 is 11.9 Å². The second-order valence-corrected chi connectivity index (χ2v) is 3.78. The van der Waals surface area contributed by atoms with E-state index in [4.69, 9.17) is 0 Å². The first-order valence-electron chi connectivity index (χ1n) is 5.58. The quantitative estimate of drug-likeness (QED) is 0.442. The van der Waals surface area contributed by atoms with Crippen molar-refractivity contribution < 1.29 is 28.7 Å². The number of hydrogen-bond donors (Lipinski definition) is 2. The maximum absolute atomic E-state index is 11.3. The van der Waals surface area contributed by atoms with Gasteiger partial charge in [0.05, 0.1) is 14.2 Å². The molecule has 0 aliphatic carbocycles. The zero-order chi connectivity index (χ0) is 14.8. The zero-order valence-electron chi connectivity index (χ0n) is 11.1.